The molecule has 0 aromatic heterocycles. The first-order chi connectivity index (χ1) is 14.7. The van der Waals surface area contributed by atoms with E-state index >= 15 is 0 Å². The van der Waals surface area contributed by atoms with Gasteiger partial charge >= 0.3 is 5.97 Å². The van der Waals surface area contributed by atoms with E-state index in [1.54, 1.807) is 12.1 Å². The summed E-state index contributed by atoms with van der Waals surface area (Å²) in [5, 5.41) is 13.2. The molecule has 2 fully saturated rings. The molecule has 5 atom stereocenters. The van der Waals surface area contributed by atoms with Crippen molar-refractivity contribution in [2.45, 2.75) is 44.6 Å². The summed E-state index contributed by atoms with van der Waals surface area (Å²) in [5.74, 6) is -0.207. The summed E-state index contributed by atoms with van der Waals surface area (Å²) in [6, 6.07) is 13.3. The average Bonchev–Trinajstić information content (AvgIpc) is 2.95. The number of nitrogens with one attached hydrogen (secondary N) is 1. The molecule has 0 bridgehead atoms. The van der Waals surface area contributed by atoms with E-state index < -0.39 is 18.0 Å². The summed E-state index contributed by atoms with van der Waals surface area (Å²) in [7, 11) is 0. The van der Waals surface area contributed by atoms with Gasteiger partial charge in [-0.25, -0.2) is 4.79 Å². The highest BCUT2D eigenvalue weighted by atomic mass is 35.5. The number of amides is 1. The van der Waals surface area contributed by atoms with Crippen molar-refractivity contribution < 1.29 is 19.4 Å². The Hall–Kier alpha value is -2.24. The number of hydrogen-bond acceptors (Lipinski definition) is 3. The average molecular weight is 462 g/mol. The van der Waals surface area contributed by atoms with Crippen molar-refractivity contribution in [3.63, 3.8) is 0 Å². The minimum atomic E-state index is -1.04. The van der Waals surface area contributed by atoms with Crippen molar-refractivity contribution in [3.8, 4) is 5.75 Å². The molecule has 164 valence electrons. The largest absolute Gasteiger partial charge is 0.482 e. The molecule has 1 aliphatic heterocycles. The van der Waals surface area contributed by atoms with Gasteiger partial charge in [0.15, 0.2) is 6.61 Å². The third-order valence-electron chi connectivity index (χ3n) is 6.94. The molecule has 31 heavy (non-hydrogen) atoms. The zero-order chi connectivity index (χ0) is 22.3. The summed E-state index contributed by atoms with van der Waals surface area (Å²) in [6.07, 6.45) is 1.59. The first-order valence-electron chi connectivity index (χ1n) is 10.4. The van der Waals surface area contributed by atoms with Crippen LogP contribution in [0.2, 0.25) is 10.0 Å². The van der Waals surface area contributed by atoms with Crippen LogP contribution in [-0.2, 0) is 9.59 Å². The van der Waals surface area contributed by atoms with E-state index in [1.807, 2.05) is 30.3 Å². The van der Waals surface area contributed by atoms with Crippen molar-refractivity contribution in [1.82, 2.24) is 5.32 Å². The van der Waals surface area contributed by atoms with Gasteiger partial charge in [-0.2, -0.15) is 0 Å². The fourth-order valence-electron chi connectivity index (χ4n) is 5.55. The molecule has 4 rings (SSSR count). The van der Waals surface area contributed by atoms with E-state index in [1.165, 1.54) is 0 Å². The van der Waals surface area contributed by atoms with Gasteiger partial charge in [0.2, 0.25) is 5.91 Å². The minimum Gasteiger partial charge on any atom is -0.482 e. The number of hydrogen-bond donors (Lipinski definition) is 2. The fourth-order valence-corrected chi connectivity index (χ4v) is 5.99. The molecule has 1 aliphatic carbocycles. The molecule has 0 radical (unpaired) electrons. The predicted octanol–water partition coefficient (Wildman–Crippen LogP) is 5.26. The van der Waals surface area contributed by atoms with Gasteiger partial charge in [0.25, 0.3) is 0 Å². The second-order valence-corrected chi connectivity index (χ2v) is 9.64. The number of fused-ring (bicyclic) bond motifs is 1. The lowest BCUT2D eigenvalue weighted by Gasteiger charge is -2.46. The first-order valence-corrected chi connectivity index (χ1v) is 11.2. The number of benzene rings is 2. The number of aliphatic carboxylic acids is 1. The SMILES string of the molecule is C[C@H]1NC(=O)[C@]2(C)CC[C@@H](c3ccc(OCC(=O)O)cc3Cl)[C@H](c3ccc(Cl)cc3)[C@H]12. The van der Waals surface area contributed by atoms with Crippen molar-refractivity contribution in [3.05, 3.63) is 63.6 Å². The Morgan fingerprint density at radius 2 is 1.94 bits per heavy atom. The maximum absolute atomic E-state index is 12.8. The van der Waals surface area contributed by atoms with Crippen LogP contribution in [0.25, 0.3) is 0 Å². The molecule has 2 N–H and O–H groups in total. The van der Waals surface area contributed by atoms with E-state index in [9.17, 15) is 9.59 Å². The second-order valence-electron chi connectivity index (χ2n) is 8.79. The van der Waals surface area contributed by atoms with E-state index in [0.717, 1.165) is 24.0 Å². The number of carbonyl (C=O) groups excluding carboxylic acids is 1. The number of carboxylic acids is 1. The molecule has 0 spiro atoms. The van der Waals surface area contributed by atoms with Crippen LogP contribution in [0.5, 0.6) is 5.75 Å². The van der Waals surface area contributed by atoms with E-state index in [-0.39, 0.29) is 29.7 Å². The summed E-state index contributed by atoms with van der Waals surface area (Å²) in [4.78, 5) is 23.6. The quantitative estimate of drug-likeness (QED) is 0.636. The number of ether oxygens (including phenoxy) is 1. The maximum atomic E-state index is 12.8. The number of rotatable bonds is 5. The van der Waals surface area contributed by atoms with E-state index in [4.69, 9.17) is 33.0 Å². The van der Waals surface area contributed by atoms with Gasteiger partial charge in [0.1, 0.15) is 5.75 Å². The summed E-state index contributed by atoms with van der Waals surface area (Å²) < 4.78 is 5.28. The second kappa shape index (κ2) is 8.36. The zero-order valence-corrected chi connectivity index (χ0v) is 18.9. The Balaban J connectivity index is 1.75. The molecule has 2 aromatic carbocycles. The molecule has 2 aromatic rings. The molecule has 1 saturated heterocycles. The van der Waals surface area contributed by atoms with Crippen LogP contribution in [0.1, 0.15) is 49.7 Å². The minimum absolute atomic E-state index is 0.0397. The molecule has 5 nitrogen and oxygen atoms in total. The molecule has 1 heterocycles. The van der Waals surface area contributed by atoms with Crippen LogP contribution in [-0.4, -0.2) is 29.6 Å². The highest BCUT2D eigenvalue weighted by molar-refractivity contribution is 6.31. The van der Waals surface area contributed by atoms with Crippen molar-refractivity contribution in [1.29, 1.82) is 0 Å². The van der Waals surface area contributed by atoms with Crippen LogP contribution in [0.4, 0.5) is 0 Å². The Morgan fingerprint density at radius 3 is 2.58 bits per heavy atom. The number of carbonyl (C=O) groups is 2. The molecular formula is C24H25Cl2NO4. The number of carboxylic acid groups (broad SMARTS) is 1. The Morgan fingerprint density at radius 1 is 1.23 bits per heavy atom. The van der Waals surface area contributed by atoms with Crippen molar-refractivity contribution in [2.75, 3.05) is 6.61 Å². The molecule has 7 heteroatoms. The molecule has 1 amide bonds. The van der Waals surface area contributed by atoms with Gasteiger partial charge < -0.3 is 15.2 Å². The molecule has 0 unspecified atom stereocenters. The van der Waals surface area contributed by atoms with Gasteiger partial charge in [-0.1, -0.05) is 48.3 Å². The third kappa shape index (κ3) is 4.01. The van der Waals surface area contributed by atoms with Crippen LogP contribution in [0.3, 0.4) is 0 Å². The smallest absolute Gasteiger partial charge is 0.341 e. The molecule has 1 saturated carbocycles. The molecule has 2 aliphatic rings. The molecular weight excluding hydrogens is 437 g/mol. The van der Waals surface area contributed by atoms with Crippen LogP contribution < -0.4 is 10.1 Å². The van der Waals surface area contributed by atoms with E-state index in [2.05, 4.69) is 19.2 Å². The normalized spacial score (nSPS) is 29.9. The lowest BCUT2D eigenvalue weighted by atomic mass is 9.56. The summed E-state index contributed by atoms with van der Waals surface area (Å²) in [6.45, 7) is 3.72. The summed E-state index contributed by atoms with van der Waals surface area (Å²) in [5.41, 5.74) is 1.69. The van der Waals surface area contributed by atoms with Crippen molar-refractivity contribution in [2.24, 2.45) is 11.3 Å². The van der Waals surface area contributed by atoms with Gasteiger partial charge in [0.05, 0.1) is 5.41 Å². The zero-order valence-electron chi connectivity index (χ0n) is 17.4. The standard InChI is InChI=1S/C24H25Cl2NO4/c1-13-22-21(14-3-5-15(25)6-4-14)18(9-10-24(22,2)23(30)27-13)17-8-7-16(11-19(17)26)31-12-20(28)29/h3-8,11,13,18,21-22H,9-10,12H2,1-2H3,(H,27,30)(H,28,29)/t13-,18+,21+,22+,24-/m1/s1. The Bertz CT molecular complexity index is 1010. The third-order valence-corrected chi connectivity index (χ3v) is 7.51. The van der Waals surface area contributed by atoms with E-state index in [0.29, 0.717) is 15.8 Å². The van der Waals surface area contributed by atoms with Crippen LogP contribution in [0.15, 0.2) is 42.5 Å². The lowest BCUT2D eigenvalue weighted by molar-refractivity contribution is -0.139. The first kappa shape index (κ1) is 22.0. The van der Waals surface area contributed by atoms with Crippen molar-refractivity contribution >= 4 is 35.1 Å². The highest BCUT2D eigenvalue weighted by Crippen LogP contribution is 2.59. The Kier molecular flexibility index (Phi) is 5.93. The maximum Gasteiger partial charge on any atom is 0.341 e. The predicted molar refractivity (Wildman–Crippen MR) is 120 cm³/mol. The number of halogens is 2. The van der Waals surface area contributed by atoms with Crippen LogP contribution >= 0.6 is 23.2 Å². The van der Waals surface area contributed by atoms with Crippen LogP contribution in [0, 0.1) is 11.3 Å². The Labute approximate surface area is 191 Å². The van der Waals surface area contributed by atoms with Gasteiger partial charge in [-0.15, -0.1) is 0 Å². The van der Waals surface area contributed by atoms with Gasteiger partial charge in [0, 0.05) is 22.0 Å². The fraction of sp³-hybridized carbons (Fsp3) is 0.417. The van der Waals surface area contributed by atoms with Gasteiger partial charge in [-0.05, 0) is 67.0 Å². The van der Waals surface area contributed by atoms with Gasteiger partial charge in [-0.3, -0.25) is 4.79 Å². The lowest BCUT2D eigenvalue weighted by Crippen LogP contribution is -2.42. The summed E-state index contributed by atoms with van der Waals surface area (Å²) >= 11 is 12.8. The monoisotopic (exact) mass is 461 g/mol. The highest BCUT2D eigenvalue weighted by Gasteiger charge is 2.57. The topological polar surface area (TPSA) is 75.6 Å².